The minimum atomic E-state index is -3.15. The first-order valence-corrected chi connectivity index (χ1v) is 21.9. The Morgan fingerprint density at radius 1 is 1.07 bits per heavy atom. The summed E-state index contributed by atoms with van der Waals surface area (Å²) in [4.78, 5) is 49.1. The molecule has 5 rings (SSSR count). The number of halogens is 1. The van der Waals surface area contributed by atoms with Gasteiger partial charge in [0.15, 0.2) is 17.7 Å². The number of nitrogens with zero attached hydrogens (tertiary/aromatic N) is 5. The number of rotatable bonds is 12. The molecule has 3 N–H and O–H groups in total. The molecule has 0 radical (unpaired) electrons. The molecule has 2 unspecified atom stereocenters. The van der Waals surface area contributed by atoms with Crippen LogP contribution in [-0.2, 0) is 39.8 Å². The Hall–Kier alpha value is -3.51. The minimum absolute atomic E-state index is 0.142. The molecule has 1 amide bonds. The number of fused-ring (bicyclic) bond motifs is 1. The van der Waals surface area contributed by atoms with E-state index in [1.165, 1.54) is 14.0 Å². The van der Waals surface area contributed by atoms with Gasteiger partial charge in [0.05, 0.1) is 35.9 Å². The smallest absolute Gasteiger partial charge is 0.425 e. The third kappa shape index (κ3) is 9.85. The molecule has 0 aliphatic carbocycles. The van der Waals surface area contributed by atoms with E-state index in [0.717, 1.165) is 18.2 Å². The van der Waals surface area contributed by atoms with Crippen LogP contribution in [0.4, 0.5) is 9.18 Å². The van der Waals surface area contributed by atoms with Crippen molar-refractivity contribution in [1.82, 2.24) is 24.5 Å². The van der Waals surface area contributed by atoms with Gasteiger partial charge in [-0.15, -0.1) is 0 Å². The number of ketones is 1. The number of hydrogen-bond donors (Lipinski definition) is 2. The zero-order chi connectivity index (χ0) is 45.2. The number of alkyl halides is 1. The van der Waals surface area contributed by atoms with Crippen LogP contribution in [0.1, 0.15) is 88.0 Å². The highest BCUT2D eigenvalue weighted by atomic mass is 19.1. The molecule has 4 heterocycles. The average molecular weight is 859 g/mol. The van der Waals surface area contributed by atoms with Crippen molar-refractivity contribution in [2.24, 2.45) is 23.5 Å². The zero-order valence-corrected chi connectivity index (χ0v) is 38.2. The van der Waals surface area contributed by atoms with E-state index in [1.54, 1.807) is 32.1 Å². The van der Waals surface area contributed by atoms with Crippen LogP contribution in [0.2, 0.25) is 0 Å². The number of cyclic esters (lactones) is 1. The largest absolute Gasteiger partial charge is 0.455 e. The van der Waals surface area contributed by atoms with E-state index >= 15 is 4.39 Å². The first-order chi connectivity index (χ1) is 28.6. The molecule has 3 aliphatic rings. The van der Waals surface area contributed by atoms with Gasteiger partial charge in [-0.3, -0.25) is 4.79 Å². The van der Waals surface area contributed by atoms with Gasteiger partial charge in [0.1, 0.15) is 12.2 Å². The Kier molecular flexibility index (Phi) is 15.5. The van der Waals surface area contributed by atoms with Crippen LogP contribution in [0.15, 0.2) is 42.9 Å². The number of Topliss-reactive ketones (excluding diaryl/α,β-unsaturated/α-hetero) is 1. The number of esters is 1. The standard InChI is InChI=1S/C45H71FN6O9/c1-13-34-45(9)37(52(42(56)61-45)51(14-2)22-18-21-50-25-32(48-26-50)31-19-16-15-17-20-31)29(5)35(47)27(3)24-43(7,57-12)39(30(6)38(54)44(8,46)41(55)59-34)60-40-36(53)33(49(10)11)23-28(4)58-40/h15-17,19-20,25-30,33-37,39-40,53H,13-14,18,21-24,47H2,1-12H3/t27-,28-,29-,30+,33+,34+,35?,36-,37-,39-,40+,43+,44?,45-/m1/s1. The maximum Gasteiger partial charge on any atom is 0.425 e. The first-order valence-electron chi connectivity index (χ1n) is 21.9. The lowest BCUT2D eigenvalue weighted by Crippen LogP contribution is -2.64. The lowest BCUT2D eigenvalue weighted by molar-refractivity contribution is -0.296. The van der Waals surface area contributed by atoms with E-state index in [1.807, 2.05) is 92.8 Å². The monoisotopic (exact) mass is 859 g/mol. The number of imidazole rings is 1. The number of nitrogens with two attached hydrogens (primary N) is 1. The van der Waals surface area contributed by atoms with Gasteiger partial charge in [-0.25, -0.2) is 29.0 Å². The highest BCUT2D eigenvalue weighted by Gasteiger charge is 2.62. The molecule has 16 heteroatoms. The summed E-state index contributed by atoms with van der Waals surface area (Å²) in [7, 11) is 5.17. The van der Waals surface area contributed by atoms with Gasteiger partial charge in [-0.05, 0) is 79.3 Å². The molecule has 15 nitrogen and oxygen atoms in total. The fourth-order valence-electron chi connectivity index (χ4n) is 9.96. The fourth-order valence-corrected chi connectivity index (χ4v) is 9.96. The van der Waals surface area contributed by atoms with E-state index in [-0.39, 0.29) is 30.9 Å². The van der Waals surface area contributed by atoms with Crippen molar-refractivity contribution >= 4 is 17.8 Å². The van der Waals surface area contributed by atoms with Crippen molar-refractivity contribution in [3.05, 3.63) is 42.9 Å². The second kappa shape index (κ2) is 19.5. The molecular formula is C45H71FN6O9. The van der Waals surface area contributed by atoms with Crippen LogP contribution in [0.5, 0.6) is 0 Å². The summed E-state index contributed by atoms with van der Waals surface area (Å²) >= 11 is 0. The van der Waals surface area contributed by atoms with Gasteiger partial charge >= 0.3 is 12.1 Å². The number of carbonyl (C=O) groups excluding carboxylic acids is 3. The Bertz CT molecular complexity index is 1800. The number of aromatic nitrogens is 2. The van der Waals surface area contributed by atoms with Crippen molar-refractivity contribution in [3.8, 4) is 11.3 Å². The number of methoxy groups -OCH3 is 1. The second-order valence-electron chi connectivity index (χ2n) is 18.3. The fraction of sp³-hybridized carbons (Fsp3) is 0.733. The third-order valence-corrected chi connectivity index (χ3v) is 13.6. The number of hydrogen-bond acceptors (Lipinski definition) is 13. The summed E-state index contributed by atoms with van der Waals surface area (Å²) in [6, 6.07) is 8.19. The summed E-state index contributed by atoms with van der Waals surface area (Å²) in [6.07, 6.45) is -0.335. The van der Waals surface area contributed by atoms with Gasteiger partial charge in [-0.2, -0.15) is 0 Å². The number of carbonyl (C=O) groups is 3. The lowest BCUT2D eigenvalue weighted by atomic mass is 9.72. The molecule has 3 aliphatic heterocycles. The number of benzene rings is 1. The molecule has 14 atom stereocenters. The van der Waals surface area contributed by atoms with Crippen LogP contribution in [0, 0.1) is 17.8 Å². The summed E-state index contributed by atoms with van der Waals surface area (Å²) in [6.45, 7) is 16.8. The van der Waals surface area contributed by atoms with Crippen LogP contribution < -0.4 is 5.73 Å². The van der Waals surface area contributed by atoms with Crippen molar-refractivity contribution in [2.45, 2.75) is 160 Å². The molecule has 0 saturated carbocycles. The molecule has 3 fully saturated rings. The quantitative estimate of drug-likeness (QED) is 0.210. The van der Waals surface area contributed by atoms with Gasteiger partial charge in [0.25, 0.3) is 5.67 Å². The Morgan fingerprint density at radius 2 is 1.74 bits per heavy atom. The minimum Gasteiger partial charge on any atom is -0.455 e. The molecule has 1 aromatic carbocycles. The highest BCUT2D eigenvalue weighted by molar-refractivity contribution is 6.07. The molecule has 342 valence electrons. The number of aryl methyl sites for hydroxylation is 1. The van der Waals surface area contributed by atoms with Crippen molar-refractivity contribution in [1.29, 1.82) is 0 Å². The van der Waals surface area contributed by atoms with Crippen molar-refractivity contribution < 1.29 is 47.6 Å². The number of ether oxygens (including phenoxy) is 5. The van der Waals surface area contributed by atoms with Crippen molar-refractivity contribution in [3.63, 3.8) is 0 Å². The van der Waals surface area contributed by atoms with E-state index in [9.17, 15) is 19.5 Å². The predicted octanol–water partition coefficient (Wildman–Crippen LogP) is 5.23. The molecular weight excluding hydrogens is 788 g/mol. The van der Waals surface area contributed by atoms with E-state index in [2.05, 4.69) is 4.98 Å². The van der Waals surface area contributed by atoms with Gasteiger partial charge < -0.3 is 44.0 Å². The molecule has 2 aromatic rings. The summed E-state index contributed by atoms with van der Waals surface area (Å²) in [5.74, 6) is -4.64. The maximum atomic E-state index is 17.0. The van der Waals surface area contributed by atoms with Crippen LogP contribution in [-0.4, -0.2) is 147 Å². The Morgan fingerprint density at radius 3 is 2.34 bits per heavy atom. The van der Waals surface area contributed by atoms with Gasteiger partial charge in [0.2, 0.25) is 0 Å². The first kappa shape index (κ1) is 48.5. The molecule has 0 bridgehead atoms. The zero-order valence-electron chi connectivity index (χ0n) is 38.2. The topological polar surface area (TPSA) is 171 Å². The average Bonchev–Trinajstić information content (AvgIpc) is 3.81. The summed E-state index contributed by atoms with van der Waals surface area (Å²) in [5, 5.41) is 15.0. The summed E-state index contributed by atoms with van der Waals surface area (Å²) < 4.78 is 50.2. The number of amides is 1. The Labute approximate surface area is 361 Å². The maximum absolute atomic E-state index is 17.0. The molecule has 61 heavy (non-hydrogen) atoms. The van der Waals surface area contributed by atoms with Crippen LogP contribution in [0.3, 0.4) is 0 Å². The van der Waals surface area contributed by atoms with E-state index < -0.39 is 83.2 Å². The second-order valence-corrected chi connectivity index (χ2v) is 18.3. The van der Waals surface area contributed by atoms with Gasteiger partial charge in [0, 0.05) is 56.5 Å². The number of likely N-dealkylation sites (N-methyl/N-ethyl adjacent to an activating group) is 1. The lowest BCUT2D eigenvalue weighted by Gasteiger charge is -2.48. The predicted molar refractivity (Wildman–Crippen MR) is 228 cm³/mol. The van der Waals surface area contributed by atoms with Crippen LogP contribution in [0.25, 0.3) is 11.3 Å². The third-order valence-electron chi connectivity index (χ3n) is 13.6. The number of aliphatic hydroxyl groups excluding tert-OH is 1. The summed E-state index contributed by atoms with van der Waals surface area (Å²) in [5.41, 5.74) is 3.15. The SMILES string of the molecule is CC[C@@H]1OC(=O)C(C)(F)C(=O)[C@H](C)[C@@H](O[C@@H]2O[C@H](C)C[C@H](N(C)C)[C@H]2O)[C@@](C)(OC)C[C@@H](C)C(N)[C@@H](C)[C@H]2N(N(CC)CCCn3cnc(-c4ccccc4)c3)C(=O)O[C@]12C. The van der Waals surface area contributed by atoms with Crippen molar-refractivity contribution in [2.75, 3.05) is 34.3 Å². The highest BCUT2D eigenvalue weighted by Crippen LogP contribution is 2.45. The molecule has 1 aromatic heterocycles. The normalized spacial score (nSPS) is 38.0. The number of aliphatic hydroxyl groups is 1. The Balaban J connectivity index is 1.50. The van der Waals surface area contributed by atoms with E-state index in [4.69, 9.17) is 29.4 Å². The number of hydrazine groups is 1. The van der Waals surface area contributed by atoms with E-state index in [0.29, 0.717) is 32.5 Å². The molecule has 3 saturated heterocycles. The van der Waals surface area contributed by atoms with Gasteiger partial charge in [-0.1, -0.05) is 65.0 Å². The van der Waals surface area contributed by atoms with Crippen LogP contribution >= 0.6 is 0 Å². The molecule has 0 spiro atoms.